The fourth-order valence-corrected chi connectivity index (χ4v) is 5.31. The van der Waals surface area contributed by atoms with Crippen LogP contribution in [0.2, 0.25) is 0 Å². The number of carbonyl (C=O) groups is 1. The van der Waals surface area contributed by atoms with E-state index in [-0.39, 0.29) is 5.91 Å². The molecule has 4 rings (SSSR count). The topological polar surface area (TPSA) is 33.2 Å². The number of amides is 1. The van der Waals surface area contributed by atoms with Crippen molar-refractivity contribution in [2.24, 2.45) is 5.92 Å². The molecule has 4 heteroatoms. The first-order valence-corrected chi connectivity index (χ1v) is 10.4. The summed E-state index contributed by atoms with van der Waals surface area (Å²) in [5.74, 6) is 1.02. The van der Waals surface area contributed by atoms with Crippen LogP contribution >= 0.6 is 11.3 Å². The molecule has 1 saturated carbocycles. The van der Waals surface area contributed by atoms with Crippen molar-refractivity contribution in [1.29, 1.82) is 0 Å². The summed E-state index contributed by atoms with van der Waals surface area (Å²) in [4.78, 5) is 19.8. The fraction of sp³-hybridized carbons (Fsp3) is 0.524. The summed E-state index contributed by atoms with van der Waals surface area (Å²) in [6.45, 7) is 3.04. The molecule has 0 bridgehead atoms. The molecule has 0 N–H and O–H groups in total. The lowest BCUT2D eigenvalue weighted by Gasteiger charge is -2.44. The fourth-order valence-electron chi connectivity index (χ4n) is 4.49. The predicted molar refractivity (Wildman–Crippen MR) is 103 cm³/mol. The van der Waals surface area contributed by atoms with Gasteiger partial charge in [-0.2, -0.15) is 0 Å². The van der Waals surface area contributed by atoms with E-state index in [2.05, 4.69) is 41.5 Å². The SMILES string of the molecule is Cc1cccc(-c2nc(CC(=O)N3CCCC4CCCCC43)cs2)c1. The predicted octanol–water partition coefficient (Wildman–Crippen LogP) is 4.84. The Hall–Kier alpha value is -1.68. The molecule has 3 nitrogen and oxygen atoms in total. The Kier molecular flexibility index (Phi) is 4.89. The molecule has 0 spiro atoms. The molecule has 2 fully saturated rings. The Morgan fingerprint density at radius 1 is 1.24 bits per heavy atom. The third-order valence-corrected chi connectivity index (χ3v) is 6.65. The zero-order chi connectivity index (χ0) is 17.2. The molecular formula is C21H26N2OS. The minimum absolute atomic E-state index is 0.276. The van der Waals surface area contributed by atoms with E-state index >= 15 is 0 Å². The van der Waals surface area contributed by atoms with E-state index in [0.717, 1.165) is 28.7 Å². The standard InChI is InChI=1S/C21H26N2OS/c1-15-6-4-8-17(12-15)21-22-18(14-25-21)13-20(24)23-11-5-9-16-7-2-3-10-19(16)23/h4,6,8,12,14,16,19H,2-3,5,7,9-11,13H2,1H3. The molecule has 1 saturated heterocycles. The molecule has 1 aromatic heterocycles. The smallest absolute Gasteiger partial charge is 0.228 e. The quantitative estimate of drug-likeness (QED) is 0.790. The van der Waals surface area contributed by atoms with Gasteiger partial charge in [-0.3, -0.25) is 4.79 Å². The van der Waals surface area contributed by atoms with Gasteiger partial charge in [0.15, 0.2) is 0 Å². The second kappa shape index (κ2) is 7.28. The van der Waals surface area contributed by atoms with Crippen molar-refractivity contribution < 1.29 is 4.79 Å². The zero-order valence-corrected chi connectivity index (χ0v) is 15.7. The van der Waals surface area contributed by atoms with Crippen molar-refractivity contribution in [1.82, 2.24) is 9.88 Å². The monoisotopic (exact) mass is 354 g/mol. The summed E-state index contributed by atoms with van der Waals surface area (Å²) < 4.78 is 0. The largest absolute Gasteiger partial charge is 0.339 e. The highest BCUT2D eigenvalue weighted by atomic mass is 32.1. The van der Waals surface area contributed by atoms with E-state index in [9.17, 15) is 4.79 Å². The van der Waals surface area contributed by atoms with Crippen LogP contribution in [0.15, 0.2) is 29.6 Å². The van der Waals surface area contributed by atoms with Gasteiger partial charge in [0, 0.05) is 23.5 Å². The maximum atomic E-state index is 12.9. The summed E-state index contributed by atoms with van der Waals surface area (Å²) in [5.41, 5.74) is 3.31. The number of piperidine rings is 1. The highest BCUT2D eigenvalue weighted by molar-refractivity contribution is 7.13. The van der Waals surface area contributed by atoms with Crippen molar-refractivity contribution >= 4 is 17.2 Å². The second-order valence-corrected chi connectivity index (χ2v) is 8.39. The average molecular weight is 355 g/mol. The number of carbonyl (C=O) groups excluding carboxylic acids is 1. The third-order valence-electron chi connectivity index (χ3n) is 5.71. The van der Waals surface area contributed by atoms with Gasteiger partial charge in [-0.05, 0) is 44.6 Å². The Labute approximate surface area is 154 Å². The van der Waals surface area contributed by atoms with Gasteiger partial charge in [-0.15, -0.1) is 11.3 Å². The normalized spacial score (nSPS) is 23.3. The molecule has 1 aromatic carbocycles. The average Bonchev–Trinajstić information content (AvgIpc) is 3.10. The van der Waals surface area contributed by atoms with Gasteiger partial charge in [-0.1, -0.05) is 36.6 Å². The van der Waals surface area contributed by atoms with Crippen molar-refractivity contribution in [2.45, 2.75) is 57.9 Å². The zero-order valence-electron chi connectivity index (χ0n) is 14.9. The molecule has 1 aliphatic carbocycles. The maximum absolute atomic E-state index is 12.9. The van der Waals surface area contributed by atoms with Gasteiger partial charge >= 0.3 is 0 Å². The minimum atomic E-state index is 0.276. The first-order valence-electron chi connectivity index (χ1n) is 9.51. The van der Waals surface area contributed by atoms with E-state index < -0.39 is 0 Å². The molecule has 2 atom stereocenters. The number of benzene rings is 1. The highest BCUT2D eigenvalue weighted by Gasteiger charge is 2.35. The summed E-state index contributed by atoms with van der Waals surface area (Å²) in [6.07, 6.45) is 8.05. The van der Waals surface area contributed by atoms with Gasteiger partial charge in [0.2, 0.25) is 5.91 Å². The van der Waals surface area contributed by atoms with Crippen LogP contribution in [0.25, 0.3) is 10.6 Å². The molecule has 1 aliphatic heterocycles. The van der Waals surface area contributed by atoms with Crippen LogP contribution in [-0.2, 0) is 11.2 Å². The van der Waals surface area contributed by atoms with Crippen LogP contribution in [-0.4, -0.2) is 28.4 Å². The number of hydrogen-bond donors (Lipinski definition) is 0. The molecule has 132 valence electrons. The van der Waals surface area contributed by atoms with E-state index in [1.165, 1.54) is 44.1 Å². The van der Waals surface area contributed by atoms with Gasteiger partial charge < -0.3 is 4.90 Å². The van der Waals surface area contributed by atoms with E-state index in [1.807, 2.05) is 0 Å². The Bertz CT molecular complexity index is 752. The number of likely N-dealkylation sites (tertiary alicyclic amines) is 1. The maximum Gasteiger partial charge on any atom is 0.228 e. The molecule has 2 unspecified atom stereocenters. The van der Waals surface area contributed by atoms with Crippen LogP contribution < -0.4 is 0 Å². The summed E-state index contributed by atoms with van der Waals surface area (Å²) in [5, 5.41) is 3.07. The first kappa shape index (κ1) is 16.8. The van der Waals surface area contributed by atoms with E-state index in [1.54, 1.807) is 11.3 Å². The number of rotatable bonds is 3. The number of aryl methyl sites for hydroxylation is 1. The number of thiazole rings is 1. The Morgan fingerprint density at radius 2 is 2.08 bits per heavy atom. The van der Waals surface area contributed by atoms with Gasteiger partial charge in [0.05, 0.1) is 12.1 Å². The molecule has 1 amide bonds. The summed E-state index contributed by atoms with van der Waals surface area (Å²) in [7, 11) is 0. The second-order valence-electron chi connectivity index (χ2n) is 7.53. The van der Waals surface area contributed by atoms with Crippen molar-refractivity contribution in [2.75, 3.05) is 6.54 Å². The Morgan fingerprint density at radius 3 is 2.96 bits per heavy atom. The minimum Gasteiger partial charge on any atom is -0.339 e. The van der Waals surface area contributed by atoms with Crippen molar-refractivity contribution in [3.05, 3.63) is 40.9 Å². The number of hydrogen-bond acceptors (Lipinski definition) is 3. The number of fused-ring (bicyclic) bond motifs is 1. The van der Waals surface area contributed by atoms with Gasteiger partial charge in [-0.25, -0.2) is 4.98 Å². The van der Waals surface area contributed by atoms with Crippen LogP contribution in [0.1, 0.15) is 49.8 Å². The lowest BCUT2D eigenvalue weighted by Crippen LogP contribution is -2.50. The molecule has 2 heterocycles. The Balaban J connectivity index is 1.46. The van der Waals surface area contributed by atoms with Crippen LogP contribution in [0.3, 0.4) is 0 Å². The molecule has 0 radical (unpaired) electrons. The van der Waals surface area contributed by atoms with Crippen LogP contribution in [0.4, 0.5) is 0 Å². The van der Waals surface area contributed by atoms with Gasteiger partial charge in [0.1, 0.15) is 5.01 Å². The van der Waals surface area contributed by atoms with Gasteiger partial charge in [0.25, 0.3) is 0 Å². The van der Waals surface area contributed by atoms with Crippen LogP contribution in [0, 0.1) is 12.8 Å². The lowest BCUT2D eigenvalue weighted by molar-refractivity contribution is -0.136. The molecule has 2 aliphatic rings. The van der Waals surface area contributed by atoms with Crippen LogP contribution in [0.5, 0.6) is 0 Å². The van der Waals surface area contributed by atoms with Crippen molar-refractivity contribution in [3.63, 3.8) is 0 Å². The third kappa shape index (κ3) is 3.64. The van der Waals surface area contributed by atoms with E-state index in [0.29, 0.717) is 12.5 Å². The number of aromatic nitrogens is 1. The van der Waals surface area contributed by atoms with E-state index in [4.69, 9.17) is 4.98 Å². The molecular weight excluding hydrogens is 328 g/mol. The summed E-state index contributed by atoms with van der Waals surface area (Å²) >= 11 is 1.64. The number of nitrogens with zero attached hydrogens (tertiary/aromatic N) is 2. The molecule has 25 heavy (non-hydrogen) atoms. The van der Waals surface area contributed by atoms with Crippen molar-refractivity contribution in [3.8, 4) is 10.6 Å². The summed E-state index contributed by atoms with van der Waals surface area (Å²) in [6, 6.07) is 8.90. The molecule has 2 aromatic rings. The highest BCUT2D eigenvalue weighted by Crippen LogP contribution is 2.35. The lowest BCUT2D eigenvalue weighted by atomic mass is 9.78. The first-order chi connectivity index (χ1) is 12.2.